The molecule has 1 aliphatic heterocycles. The van der Waals surface area contributed by atoms with Crippen LogP contribution in [0.5, 0.6) is 11.5 Å². The number of benzene rings is 1. The van der Waals surface area contributed by atoms with Crippen LogP contribution in [-0.2, 0) is 11.3 Å². The number of nitrogens with zero attached hydrogens (tertiary/aromatic N) is 3. The molecular formula is C30H38N6O6S. The van der Waals surface area contributed by atoms with Crippen LogP contribution in [0, 0.1) is 0 Å². The molecule has 2 aromatic heterocycles. The Hall–Kier alpha value is -4.36. The van der Waals surface area contributed by atoms with E-state index in [1.165, 1.54) is 11.3 Å². The number of nitrogens with one attached hydrogen (secondary N) is 3. The molecule has 0 spiro atoms. The lowest BCUT2D eigenvalue weighted by Crippen LogP contribution is -2.36. The Morgan fingerprint density at radius 3 is 2.35 bits per heavy atom. The van der Waals surface area contributed by atoms with E-state index >= 15 is 0 Å². The summed E-state index contributed by atoms with van der Waals surface area (Å²) in [6.07, 6.45) is 1.74. The molecule has 0 saturated heterocycles. The van der Waals surface area contributed by atoms with Gasteiger partial charge in [0.05, 0.1) is 11.4 Å². The van der Waals surface area contributed by atoms with Gasteiger partial charge in [-0.05, 0) is 71.6 Å². The fourth-order valence-electron chi connectivity index (χ4n) is 4.12. The molecule has 4 rings (SSSR count). The highest BCUT2D eigenvalue weighted by Crippen LogP contribution is 2.33. The van der Waals surface area contributed by atoms with E-state index in [0.717, 1.165) is 18.5 Å². The van der Waals surface area contributed by atoms with Gasteiger partial charge in [-0.1, -0.05) is 6.07 Å². The Morgan fingerprint density at radius 1 is 0.953 bits per heavy atom. The van der Waals surface area contributed by atoms with Gasteiger partial charge in [0.2, 0.25) is 0 Å². The number of aromatic nitrogens is 1. The van der Waals surface area contributed by atoms with Gasteiger partial charge in [0.1, 0.15) is 24.5 Å². The maximum Gasteiger partial charge on any atom is 0.412 e. The molecule has 12 nitrogen and oxygen atoms in total. The summed E-state index contributed by atoms with van der Waals surface area (Å²) >= 11 is 1.33. The first kappa shape index (κ1) is 31.6. The van der Waals surface area contributed by atoms with Gasteiger partial charge < -0.3 is 34.6 Å². The van der Waals surface area contributed by atoms with Crippen molar-refractivity contribution in [3.8, 4) is 11.5 Å². The summed E-state index contributed by atoms with van der Waals surface area (Å²) in [5, 5.41) is 11.8. The second-order valence-electron chi connectivity index (χ2n) is 11.2. The zero-order chi connectivity index (χ0) is 31.0. The van der Waals surface area contributed by atoms with Crippen LogP contribution in [0.1, 0.15) is 43.2 Å². The summed E-state index contributed by atoms with van der Waals surface area (Å²) in [6, 6.07) is 8.42. The number of hydrogen-bond donors (Lipinski definition) is 3. The highest BCUT2D eigenvalue weighted by molar-refractivity contribution is 7.09. The van der Waals surface area contributed by atoms with Crippen molar-refractivity contribution in [2.75, 3.05) is 56.3 Å². The second-order valence-corrected chi connectivity index (χ2v) is 11.9. The molecule has 13 heteroatoms. The molecule has 0 atom stereocenters. The third kappa shape index (κ3) is 9.58. The Balaban J connectivity index is 1.39. The van der Waals surface area contributed by atoms with Crippen molar-refractivity contribution < 1.29 is 28.6 Å². The van der Waals surface area contributed by atoms with Crippen molar-refractivity contribution in [2.24, 2.45) is 0 Å². The summed E-state index contributed by atoms with van der Waals surface area (Å²) < 4.78 is 16.5. The predicted molar refractivity (Wildman–Crippen MR) is 166 cm³/mol. The van der Waals surface area contributed by atoms with E-state index < -0.39 is 17.6 Å². The van der Waals surface area contributed by atoms with Gasteiger partial charge in [0.15, 0.2) is 11.5 Å². The third-order valence-electron chi connectivity index (χ3n) is 6.09. The monoisotopic (exact) mass is 610 g/mol. The number of carbonyl (C=O) groups excluding carboxylic acids is 3. The first-order valence-electron chi connectivity index (χ1n) is 13.9. The minimum Gasteiger partial charge on any atom is -0.486 e. The Morgan fingerprint density at radius 2 is 1.67 bits per heavy atom. The molecule has 0 unspecified atom stereocenters. The fraction of sp³-hybridized carbons (Fsp3) is 0.400. The maximum atomic E-state index is 13.3. The van der Waals surface area contributed by atoms with Gasteiger partial charge in [-0.15, -0.1) is 11.3 Å². The van der Waals surface area contributed by atoms with Gasteiger partial charge in [-0.25, -0.2) is 9.59 Å². The standard InChI is InChI=1S/C30H38N6O6S/c1-30(2,3)42-29(39)34-24-19-43-18-23(24)33-27(37)22-9-7-20(16-31-22)17-36(12-6-11-35(4)5)28(38)32-21-8-10-25-26(15-21)41-14-13-40-25/h7-10,15-16,18-19H,6,11-14,17H2,1-5H3,(H,32,38)(H,33,37)(H,34,39). The van der Waals surface area contributed by atoms with Crippen LogP contribution in [0.4, 0.5) is 26.7 Å². The molecule has 0 saturated carbocycles. The molecule has 1 aromatic carbocycles. The summed E-state index contributed by atoms with van der Waals surface area (Å²) in [5.41, 5.74) is 1.78. The van der Waals surface area contributed by atoms with Gasteiger partial charge in [-0.2, -0.15) is 0 Å². The average molecular weight is 611 g/mol. The van der Waals surface area contributed by atoms with E-state index in [0.29, 0.717) is 54.9 Å². The van der Waals surface area contributed by atoms with E-state index in [1.54, 1.807) is 73.0 Å². The van der Waals surface area contributed by atoms with Crippen LogP contribution < -0.4 is 25.4 Å². The van der Waals surface area contributed by atoms with E-state index in [2.05, 4.69) is 25.8 Å². The summed E-state index contributed by atoms with van der Waals surface area (Å²) in [6.45, 7) is 7.90. The lowest BCUT2D eigenvalue weighted by molar-refractivity contribution is 0.0635. The highest BCUT2D eigenvalue weighted by Gasteiger charge is 2.20. The third-order valence-corrected chi connectivity index (χ3v) is 6.83. The van der Waals surface area contributed by atoms with Crippen LogP contribution in [-0.4, -0.2) is 78.8 Å². The lowest BCUT2D eigenvalue weighted by Gasteiger charge is -2.25. The summed E-state index contributed by atoms with van der Waals surface area (Å²) in [5.74, 6) is 0.810. The number of anilines is 3. The molecule has 1 aliphatic rings. The Kier molecular flexibility index (Phi) is 10.4. The van der Waals surface area contributed by atoms with Gasteiger partial charge >= 0.3 is 12.1 Å². The quantitative estimate of drug-likeness (QED) is 0.274. The molecule has 0 radical (unpaired) electrons. The molecule has 3 aromatic rings. The number of thiophene rings is 1. The number of hydrogen-bond acceptors (Lipinski definition) is 9. The van der Waals surface area contributed by atoms with Crippen LogP contribution in [0.25, 0.3) is 0 Å². The van der Waals surface area contributed by atoms with E-state index in [4.69, 9.17) is 14.2 Å². The number of urea groups is 1. The Labute approximate surface area is 255 Å². The fourth-order valence-corrected chi connectivity index (χ4v) is 4.83. The molecule has 3 heterocycles. The molecule has 0 aliphatic carbocycles. The van der Waals surface area contributed by atoms with Crippen molar-refractivity contribution in [3.63, 3.8) is 0 Å². The number of fused-ring (bicyclic) bond motifs is 1. The molecule has 3 N–H and O–H groups in total. The second kappa shape index (κ2) is 14.2. The van der Waals surface area contributed by atoms with Crippen LogP contribution >= 0.6 is 11.3 Å². The predicted octanol–water partition coefficient (Wildman–Crippen LogP) is 5.50. The zero-order valence-corrected chi connectivity index (χ0v) is 25.9. The van der Waals surface area contributed by atoms with E-state index in [1.807, 2.05) is 14.1 Å². The van der Waals surface area contributed by atoms with Crippen molar-refractivity contribution >= 4 is 46.4 Å². The van der Waals surface area contributed by atoms with Crippen molar-refractivity contribution in [2.45, 2.75) is 39.3 Å². The molecule has 0 bridgehead atoms. The topological polar surface area (TPSA) is 134 Å². The van der Waals surface area contributed by atoms with Crippen LogP contribution in [0.3, 0.4) is 0 Å². The maximum absolute atomic E-state index is 13.3. The summed E-state index contributed by atoms with van der Waals surface area (Å²) in [4.78, 5) is 46.5. The van der Waals surface area contributed by atoms with E-state index in [-0.39, 0.29) is 11.7 Å². The first-order valence-corrected chi connectivity index (χ1v) is 14.8. The number of amides is 4. The summed E-state index contributed by atoms with van der Waals surface area (Å²) in [7, 11) is 3.97. The minimum atomic E-state index is -0.650. The molecular weight excluding hydrogens is 572 g/mol. The number of ether oxygens (including phenoxy) is 3. The smallest absolute Gasteiger partial charge is 0.412 e. The first-order chi connectivity index (χ1) is 20.5. The zero-order valence-electron chi connectivity index (χ0n) is 25.1. The van der Waals surface area contributed by atoms with Gasteiger partial charge in [0.25, 0.3) is 5.91 Å². The van der Waals surface area contributed by atoms with Crippen molar-refractivity contribution in [3.05, 3.63) is 58.5 Å². The molecule has 4 amide bonds. The highest BCUT2D eigenvalue weighted by atomic mass is 32.1. The molecule has 43 heavy (non-hydrogen) atoms. The number of pyridine rings is 1. The SMILES string of the molecule is CN(C)CCCN(Cc1ccc(C(=O)Nc2cscc2NC(=O)OC(C)(C)C)nc1)C(=O)Nc1ccc2c(c1)OCCO2. The molecule has 0 fully saturated rings. The largest absolute Gasteiger partial charge is 0.486 e. The van der Waals surface area contributed by atoms with E-state index in [9.17, 15) is 14.4 Å². The van der Waals surface area contributed by atoms with Gasteiger partial charge in [0, 0.05) is 41.8 Å². The number of carbonyl (C=O) groups is 3. The molecule has 230 valence electrons. The number of rotatable bonds is 10. The van der Waals surface area contributed by atoms with Crippen molar-refractivity contribution in [1.29, 1.82) is 0 Å². The Bertz CT molecular complexity index is 1420. The van der Waals surface area contributed by atoms with Gasteiger partial charge in [-0.3, -0.25) is 15.1 Å². The normalized spacial score (nSPS) is 12.4. The van der Waals surface area contributed by atoms with Crippen LogP contribution in [0.15, 0.2) is 47.3 Å². The lowest BCUT2D eigenvalue weighted by atomic mass is 10.2. The average Bonchev–Trinajstić information content (AvgIpc) is 3.37. The minimum absolute atomic E-state index is 0.193. The van der Waals surface area contributed by atoms with Crippen molar-refractivity contribution in [1.82, 2.24) is 14.8 Å². The van der Waals surface area contributed by atoms with Crippen LogP contribution in [0.2, 0.25) is 0 Å².